The minimum atomic E-state index is 0.0703. The van der Waals surface area contributed by atoms with Crippen LogP contribution in [0.2, 0.25) is 0 Å². The zero-order chi connectivity index (χ0) is 12.1. The van der Waals surface area contributed by atoms with Gasteiger partial charge in [0, 0.05) is 23.8 Å². The molecule has 0 atom stereocenters. The topological polar surface area (TPSA) is 20.3 Å². The molecular weight excluding hydrogens is 286 g/mol. The van der Waals surface area contributed by atoms with Gasteiger partial charge in [-0.3, -0.25) is 4.79 Å². The number of thioether (sulfide) groups is 1. The van der Waals surface area contributed by atoms with E-state index in [9.17, 15) is 4.79 Å². The fourth-order valence-electron chi connectivity index (χ4n) is 1.33. The van der Waals surface area contributed by atoms with Crippen LogP contribution >= 0.6 is 27.7 Å². The monoisotopic (exact) mass is 301 g/mol. The number of hydrogen-bond acceptors (Lipinski definition) is 2. The third kappa shape index (κ3) is 3.52. The van der Waals surface area contributed by atoms with Gasteiger partial charge < -0.3 is 4.90 Å². The van der Waals surface area contributed by atoms with Gasteiger partial charge >= 0.3 is 0 Å². The lowest BCUT2D eigenvalue weighted by atomic mass is 10.1. The Morgan fingerprint density at radius 1 is 1.50 bits per heavy atom. The first kappa shape index (κ1) is 13.6. The molecule has 1 rings (SSSR count). The van der Waals surface area contributed by atoms with E-state index in [1.165, 1.54) is 0 Å². The number of carbonyl (C=O) groups excluding carboxylic acids is 1. The van der Waals surface area contributed by atoms with E-state index in [0.29, 0.717) is 0 Å². The van der Waals surface area contributed by atoms with Crippen LogP contribution in [0.15, 0.2) is 22.7 Å². The highest BCUT2D eigenvalue weighted by atomic mass is 79.9. The quantitative estimate of drug-likeness (QED) is 0.851. The molecule has 0 aliphatic heterocycles. The highest BCUT2D eigenvalue weighted by molar-refractivity contribution is 9.10. The molecule has 0 aliphatic carbocycles. The molecule has 0 fully saturated rings. The summed E-state index contributed by atoms with van der Waals surface area (Å²) in [7, 11) is 1.84. The van der Waals surface area contributed by atoms with Gasteiger partial charge in [-0.05, 0) is 46.8 Å². The Hall–Kier alpha value is -0.480. The van der Waals surface area contributed by atoms with E-state index in [0.717, 1.165) is 27.9 Å². The molecule has 0 saturated carbocycles. The third-order valence-corrected chi connectivity index (χ3v) is 3.58. The van der Waals surface area contributed by atoms with Crippen molar-refractivity contribution < 1.29 is 4.79 Å². The first-order chi connectivity index (χ1) is 7.56. The minimum absolute atomic E-state index is 0.0703. The average molecular weight is 302 g/mol. The van der Waals surface area contributed by atoms with Gasteiger partial charge in [0.05, 0.1) is 5.56 Å². The van der Waals surface area contributed by atoms with E-state index >= 15 is 0 Å². The Balaban J connectivity index is 2.79. The summed E-state index contributed by atoms with van der Waals surface area (Å²) in [5, 5.41) is 0. The van der Waals surface area contributed by atoms with Crippen molar-refractivity contribution in [3.8, 4) is 0 Å². The first-order valence-electron chi connectivity index (χ1n) is 5.07. The smallest absolute Gasteiger partial charge is 0.254 e. The standard InChI is InChI=1S/C12H16BrNOS/c1-9-4-5-10(11(13)8-9)12(15)14(2)6-7-16-3/h4-5,8H,6-7H2,1-3H3. The number of nitrogens with zero attached hydrogens (tertiary/aromatic N) is 1. The first-order valence-corrected chi connectivity index (χ1v) is 7.25. The Labute approximate surface area is 110 Å². The molecule has 1 aromatic carbocycles. The lowest BCUT2D eigenvalue weighted by molar-refractivity contribution is 0.0803. The molecule has 0 N–H and O–H groups in total. The molecule has 0 spiro atoms. The molecule has 1 amide bonds. The molecule has 0 saturated heterocycles. The summed E-state index contributed by atoms with van der Waals surface area (Å²) >= 11 is 5.18. The van der Waals surface area contributed by atoms with Gasteiger partial charge in [0.25, 0.3) is 5.91 Å². The van der Waals surface area contributed by atoms with Gasteiger partial charge in [0.2, 0.25) is 0 Å². The second-order valence-electron chi connectivity index (χ2n) is 3.70. The van der Waals surface area contributed by atoms with Gasteiger partial charge in [-0.2, -0.15) is 11.8 Å². The fraction of sp³-hybridized carbons (Fsp3) is 0.417. The Morgan fingerprint density at radius 3 is 2.75 bits per heavy atom. The predicted octanol–water partition coefficient (Wildman–Crippen LogP) is 3.19. The third-order valence-electron chi connectivity index (χ3n) is 2.33. The van der Waals surface area contributed by atoms with E-state index in [1.807, 2.05) is 38.4 Å². The maximum atomic E-state index is 12.1. The van der Waals surface area contributed by atoms with Crippen molar-refractivity contribution in [2.75, 3.05) is 25.6 Å². The molecular formula is C12H16BrNOS. The molecule has 0 radical (unpaired) electrons. The maximum Gasteiger partial charge on any atom is 0.254 e. The van der Waals surface area contributed by atoms with Crippen LogP contribution in [-0.2, 0) is 0 Å². The summed E-state index contributed by atoms with van der Waals surface area (Å²) in [5.41, 5.74) is 1.88. The number of hydrogen-bond donors (Lipinski definition) is 0. The highest BCUT2D eigenvalue weighted by Crippen LogP contribution is 2.19. The lowest BCUT2D eigenvalue weighted by Crippen LogP contribution is -2.29. The van der Waals surface area contributed by atoms with Crippen LogP contribution in [0.4, 0.5) is 0 Å². The van der Waals surface area contributed by atoms with Crippen LogP contribution in [0.25, 0.3) is 0 Å². The summed E-state index contributed by atoms with van der Waals surface area (Å²) in [6, 6.07) is 5.80. The molecule has 0 aromatic heterocycles. The lowest BCUT2D eigenvalue weighted by Gasteiger charge is -2.17. The highest BCUT2D eigenvalue weighted by Gasteiger charge is 2.14. The van der Waals surface area contributed by atoms with Gasteiger partial charge in [0.15, 0.2) is 0 Å². The number of amides is 1. The van der Waals surface area contributed by atoms with Gasteiger partial charge in [-0.15, -0.1) is 0 Å². The maximum absolute atomic E-state index is 12.1. The van der Waals surface area contributed by atoms with Crippen LogP contribution in [-0.4, -0.2) is 36.4 Å². The van der Waals surface area contributed by atoms with Crippen LogP contribution in [0.3, 0.4) is 0 Å². The molecule has 88 valence electrons. The van der Waals surface area contributed by atoms with E-state index < -0.39 is 0 Å². The number of rotatable bonds is 4. The number of halogens is 1. The van der Waals surface area contributed by atoms with Crippen LogP contribution < -0.4 is 0 Å². The molecule has 16 heavy (non-hydrogen) atoms. The molecule has 0 aliphatic rings. The summed E-state index contributed by atoms with van der Waals surface area (Å²) < 4.78 is 0.869. The molecule has 1 aromatic rings. The van der Waals surface area contributed by atoms with Crippen molar-refractivity contribution in [3.05, 3.63) is 33.8 Å². The zero-order valence-corrected chi connectivity index (χ0v) is 12.2. The molecule has 0 heterocycles. The Morgan fingerprint density at radius 2 is 2.19 bits per heavy atom. The summed E-state index contributed by atoms with van der Waals surface area (Å²) in [6.45, 7) is 2.79. The van der Waals surface area contributed by atoms with Crippen molar-refractivity contribution in [3.63, 3.8) is 0 Å². The average Bonchev–Trinajstić information content (AvgIpc) is 2.25. The van der Waals surface area contributed by atoms with Gasteiger partial charge in [-0.25, -0.2) is 0 Å². The minimum Gasteiger partial charge on any atom is -0.341 e. The normalized spacial score (nSPS) is 10.2. The molecule has 0 unspecified atom stereocenters. The largest absolute Gasteiger partial charge is 0.341 e. The zero-order valence-electron chi connectivity index (χ0n) is 9.79. The second kappa shape index (κ2) is 6.30. The van der Waals surface area contributed by atoms with E-state index in [1.54, 1.807) is 16.7 Å². The van der Waals surface area contributed by atoms with Gasteiger partial charge in [-0.1, -0.05) is 6.07 Å². The van der Waals surface area contributed by atoms with E-state index in [-0.39, 0.29) is 5.91 Å². The van der Waals surface area contributed by atoms with Crippen LogP contribution in [0, 0.1) is 6.92 Å². The van der Waals surface area contributed by atoms with Crippen molar-refractivity contribution >= 4 is 33.6 Å². The SMILES string of the molecule is CSCCN(C)C(=O)c1ccc(C)cc1Br. The number of carbonyl (C=O) groups is 1. The molecule has 2 nitrogen and oxygen atoms in total. The van der Waals surface area contributed by atoms with Crippen molar-refractivity contribution in [1.82, 2.24) is 4.90 Å². The Bertz CT molecular complexity index is 381. The van der Waals surface area contributed by atoms with E-state index in [4.69, 9.17) is 0 Å². The molecule has 0 bridgehead atoms. The Kier molecular flexibility index (Phi) is 5.35. The summed E-state index contributed by atoms with van der Waals surface area (Å²) in [4.78, 5) is 13.8. The number of aryl methyl sites for hydroxylation is 1. The van der Waals surface area contributed by atoms with Gasteiger partial charge in [0.1, 0.15) is 0 Å². The summed E-state index contributed by atoms with van der Waals surface area (Å²) in [5.74, 6) is 1.03. The molecule has 4 heteroatoms. The van der Waals surface area contributed by atoms with E-state index in [2.05, 4.69) is 15.9 Å². The van der Waals surface area contributed by atoms with Crippen molar-refractivity contribution in [1.29, 1.82) is 0 Å². The number of benzene rings is 1. The predicted molar refractivity (Wildman–Crippen MR) is 74.2 cm³/mol. The van der Waals surface area contributed by atoms with Crippen molar-refractivity contribution in [2.45, 2.75) is 6.92 Å². The van der Waals surface area contributed by atoms with Crippen LogP contribution in [0.1, 0.15) is 15.9 Å². The summed E-state index contributed by atoms with van der Waals surface area (Å²) in [6.07, 6.45) is 2.04. The second-order valence-corrected chi connectivity index (χ2v) is 5.54. The van der Waals surface area contributed by atoms with Crippen molar-refractivity contribution in [2.24, 2.45) is 0 Å². The fourth-order valence-corrected chi connectivity index (χ4v) is 2.45. The van der Waals surface area contributed by atoms with Crippen LogP contribution in [0.5, 0.6) is 0 Å².